The molecule has 1 heterocycles. The number of rotatable bonds is 60. The monoisotopic (exact) mass is 1190 g/mol. The van der Waals surface area contributed by atoms with Gasteiger partial charge in [0.25, 0.3) is 0 Å². The van der Waals surface area contributed by atoms with Gasteiger partial charge in [0.15, 0.2) is 12.4 Å². The Labute approximate surface area is 521 Å². The topological polar surface area (TPSA) is 175 Å². The number of hydrogen-bond acceptors (Lipinski definition) is 10. The van der Waals surface area contributed by atoms with Crippen LogP contribution >= 0.6 is 0 Å². The van der Waals surface area contributed by atoms with Gasteiger partial charge in [0.2, 0.25) is 5.91 Å². The van der Waals surface area contributed by atoms with E-state index in [9.17, 15) is 35.1 Å². The summed E-state index contributed by atoms with van der Waals surface area (Å²) >= 11 is 0. The zero-order valence-electron chi connectivity index (χ0n) is 54.7. The Kier molecular flexibility index (Phi) is 57.4. The first kappa shape index (κ1) is 79.9. The van der Waals surface area contributed by atoms with Crippen LogP contribution < -0.4 is 5.32 Å². The fourth-order valence-corrected chi connectivity index (χ4v) is 10.8. The quantitative estimate of drug-likeness (QED) is 0.0195. The van der Waals surface area contributed by atoms with Crippen molar-refractivity contribution in [2.75, 3.05) is 13.2 Å². The number of allylic oxidation sites excluding steroid dienone is 13. The van der Waals surface area contributed by atoms with E-state index >= 15 is 0 Å². The van der Waals surface area contributed by atoms with Crippen molar-refractivity contribution in [1.29, 1.82) is 0 Å². The Bertz CT molecular complexity index is 1710. The SMILES string of the molecule is CC/C=C\C/C=C\C/C=C\C/C=C\C/C=C\C/C=C\CCCCC(=O)OC1C(OCC(NC(=O)C(O)CCCCCCCCCCCCCCCCCCCCCCCC)C(O)/C=C/CCCCCCCCCCCCC)OC(CO)C(O)C1O. The second-order valence-electron chi connectivity index (χ2n) is 24.2. The molecule has 1 saturated heterocycles. The Hall–Kier alpha value is -3.16. The van der Waals surface area contributed by atoms with Gasteiger partial charge in [0.05, 0.1) is 25.4 Å². The number of hydrogen-bond donors (Lipinski definition) is 6. The Balaban J connectivity index is 2.63. The molecule has 0 aromatic rings. The van der Waals surface area contributed by atoms with Crippen LogP contribution in [0.3, 0.4) is 0 Å². The average molecular weight is 1190 g/mol. The molecule has 11 heteroatoms. The van der Waals surface area contributed by atoms with Crippen LogP contribution in [0.2, 0.25) is 0 Å². The maximum absolute atomic E-state index is 13.5. The van der Waals surface area contributed by atoms with Gasteiger partial charge in [0, 0.05) is 6.42 Å². The summed E-state index contributed by atoms with van der Waals surface area (Å²) in [5.74, 6) is -1.23. The highest BCUT2D eigenvalue weighted by Gasteiger charge is 2.47. The minimum atomic E-state index is -1.64. The molecule has 0 aromatic heterocycles. The first-order valence-electron chi connectivity index (χ1n) is 35.4. The first-order chi connectivity index (χ1) is 41.7. The second-order valence-corrected chi connectivity index (χ2v) is 24.2. The molecular formula is C74H131NO10. The van der Waals surface area contributed by atoms with E-state index in [1.54, 1.807) is 6.08 Å². The predicted octanol–water partition coefficient (Wildman–Crippen LogP) is 18.1. The van der Waals surface area contributed by atoms with E-state index in [2.05, 4.69) is 99.0 Å². The maximum atomic E-state index is 13.5. The third-order valence-corrected chi connectivity index (χ3v) is 16.3. The van der Waals surface area contributed by atoms with Gasteiger partial charge < -0.3 is 45.1 Å². The fourth-order valence-electron chi connectivity index (χ4n) is 10.8. The molecule has 1 amide bonds. The van der Waals surface area contributed by atoms with E-state index in [-0.39, 0.29) is 19.4 Å². The number of ether oxygens (including phenoxy) is 3. The number of esters is 1. The molecule has 0 aromatic carbocycles. The molecule has 6 N–H and O–H groups in total. The zero-order valence-corrected chi connectivity index (χ0v) is 54.7. The molecule has 1 fully saturated rings. The van der Waals surface area contributed by atoms with Crippen molar-refractivity contribution in [3.05, 3.63) is 85.1 Å². The number of carbonyl (C=O) groups excluding carboxylic acids is 2. The van der Waals surface area contributed by atoms with Gasteiger partial charge in [-0.2, -0.15) is 0 Å². The maximum Gasteiger partial charge on any atom is 0.306 e. The van der Waals surface area contributed by atoms with Crippen LogP contribution in [0, 0.1) is 0 Å². The Morgan fingerprint density at radius 2 is 0.847 bits per heavy atom. The van der Waals surface area contributed by atoms with Gasteiger partial charge in [0.1, 0.15) is 24.4 Å². The lowest BCUT2D eigenvalue weighted by atomic mass is 9.99. The number of amides is 1. The summed E-state index contributed by atoms with van der Waals surface area (Å²) in [7, 11) is 0. The smallest absolute Gasteiger partial charge is 0.306 e. The molecule has 0 saturated carbocycles. The van der Waals surface area contributed by atoms with Crippen LogP contribution in [0.1, 0.15) is 310 Å². The minimum Gasteiger partial charge on any atom is -0.454 e. The lowest BCUT2D eigenvalue weighted by molar-refractivity contribution is -0.305. The number of aliphatic hydroxyl groups is 5. The summed E-state index contributed by atoms with van der Waals surface area (Å²) in [6.07, 6.45) is 70.5. The molecule has 1 aliphatic rings. The van der Waals surface area contributed by atoms with Crippen LogP contribution in [0.25, 0.3) is 0 Å². The van der Waals surface area contributed by atoms with Crippen LogP contribution in [0.5, 0.6) is 0 Å². The van der Waals surface area contributed by atoms with E-state index in [1.807, 2.05) is 6.08 Å². The summed E-state index contributed by atoms with van der Waals surface area (Å²) in [6, 6.07) is -1.04. The molecule has 11 nitrogen and oxygen atoms in total. The highest BCUT2D eigenvalue weighted by Crippen LogP contribution is 2.26. The Morgan fingerprint density at radius 1 is 0.471 bits per heavy atom. The average Bonchev–Trinajstić information content (AvgIpc) is 2.48. The third-order valence-electron chi connectivity index (χ3n) is 16.3. The number of carbonyl (C=O) groups is 2. The number of aliphatic hydroxyl groups excluding tert-OH is 5. The van der Waals surface area contributed by atoms with E-state index in [0.717, 1.165) is 89.9 Å². The molecule has 0 bridgehead atoms. The molecule has 492 valence electrons. The van der Waals surface area contributed by atoms with Crippen LogP contribution in [-0.4, -0.2) is 99.6 Å². The van der Waals surface area contributed by atoms with Gasteiger partial charge >= 0.3 is 5.97 Å². The summed E-state index contributed by atoms with van der Waals surface area (Å²) in [5, 5.41) is 57.2. The predicted molar refractivity (Wildman–Crippen MR) is 356 cm³/mol. The second kappa shape index (κ2) is 61.1. The molecule has 8 unspecified atom stereocenters. The van der Waals surface area contributed by atoms with E-state index in [1.165, 1.54) is 173 Å². The van der Waals surface area contributed by atoms with Crippen molar-refractivity contribution in [2.24, 2.45) is 0 Å². The van der Waals surface area contributed by atoms with Crippen molar-refractivity contribution >= 4 is 11.9 Å². The molecular weight excluding hydrogens is 1060 g/mol. The summed E-state index contributed by atoms with van der Waals surface area (Å²) in [5.41, 5.74) is 0. The van der Waals surface area contributed by atoms with Crippen molar-refractivity contribution in [2.45, 2.75) is 359 Å². The van der Waals surface area contributed by atoms with Gasteiger partial charge in [-0.15, -0.1) is 0 Å². The van der Waals surface area contributed by atoms with Gasteiger partial charge in [-0.05, 0) is 77.0 Å². The lowest BCUT2D eigenvalue weighted by Crippen LogP contribution is -2.61. The van der Waals surface area contributed by atoms with Crippen molar-refractivity contribution in [3.63, 3.8) is 0 Å². The van der Waals surface area contributed by atoms with E-state index in [4.69, 9.17) is 14.2 Å². The minimum absolute atomic E-state index is 0.0663. The zero-order chi connectivity index (χ0) is 61.7. The number of nitrogens with one attached hydrogen (secondary N) is 1. The summed E-state index contributed by atoms with van der Waals surface area (Å²) < 4.78 is 17.6. The molecule has 1 aliphatic heterocycles. The molecule has 0 radical (unpaired) electrons. The van der Waals surface area contributed by atoms with Crippen LogP contribution in [-0.2, 0) is 23.8 Å². The van der Waals surface area contributed by atoms with Gasteiger partial charge in [-0.25, -0.2) is 0 Å². The first-order valence-corrected chi connectivity index (χ1v) is 35.4. The molecule has 8 atom stereocenters. The third kappa shape index (κ3) is 48.4. The number of unbranched alkanes of at least 4 members (excludes halogenated alkanes) is 34. The lowest BCUT2D eigenvalue weighted by Gasteiger charge is -2.41. The largest absolute Gasteiger partial charge is 0.454 e. The normalized spacial score (nSPS) is 18.9. The van der Waals surface area contributed by atoms with Crippen molar-refractivity contribution in [1.82, 2.24) is 5.32 Å². The highest BCUT2D eigenvalue weighted by atomic mass is 16.7. The van der Waals surface area contributed by atoms with Crippen LogP contribution in [0.15, 0.2) is 85.1 Å². The van der Waals surface area contributed by atoms with E-state index < -0.39 is 67.4 Å². The van der Waals surface area contributed by atoms with Gasteiger partial charge in [-0.3, -0.25) is 9.59 Å². The Morgan fingerprint density at radius 3 is 1.27 bits per heavy atom. The van der Waals surface area contributed by atoms with Crippen molar-refractivity contribution < 1.29 is 49.3 Å². The molecule has 85 heavy (non-hydrogen) atoms. The molecule has 0 aliphatic carbocycles. The van der Waals surface area contributed by atoms with Crippen molar-refractivity contribution in [3.8, 4) is 0 Å². The standard InChI is InChI=1S/C74H131NO10/c1-4-7-10-13-16-19-22-25-27-29-31-33-35-36-38-40-43-46-49-52-55-58-61-67(78)73(82)75-65(66(77)60-57-54-51-48-45-42-24-21-18-15-12-9-6-3)64-83-74-72(71(81)70(80)68(63-76)84-74)85-69(79)62-59-56-53-50-47-44-41-39-37-34-32-30-28-26-23-20-17-14-11-8-5-2/h8,11,17,20,26,28,32,34,39,41,47,50,57,60,65-68,70-72,74,76-78,80-81H,4-7,9-10,12-16,18-19,21-25,27,29-31,33,35-38,40,42-46,48-49,51-56,58-59,61-64H2,1-3H3,(H,75,82)/b11-8-,20-17-,28-26-,34-32-,41-39-,50-47-,60-57+. The summed E-state index contributed by atoms with van der Waals surface area (Å²) in [4.78, 5) is 26.7. The van der Waals surface area contributed by atoms with E-state index in [0.29, 0.717) is 12.8 Å². The summed E-state index contributed by atoms with van der Waals surface area (Å²) in [6.45, 7) is 5.69. The molecule has 0 spiro atoms. The van der Waals surface area contributed by atoms with Crippen LogP contribution in [0.4, 0.5) is 0 Å². The van der Waals surface area contributed by atoms with Gasteiger partial charge in [-0.1, -0.05) is 311 Å². The molecule has 1 rings (SSSR count). The fraction of sp³-hybridized carbons (Fsp3) is 0.784. The highest BCUT2D eigenvalue weighted by molar-refractivity contribution is 5.80.